The number of methoxy groups -OCH3 is 1. The Labute approximate surface area is 96.2 Å². The molecule has 0 spiro atoms. The van der Waals surface area contributed by atoms with Crippen LogP contribution in [0.5, 0.6) is 0 Å². The van der Waals surface area contributed by atoms with Crippen molar-refractivity contribution in [2.24, 2.45) is 10.9 Å². The summed E-state index contributed by atoms with van der Waals surface area (Å²) in [4.78, 5) is 15.7. The Bertz CT molecular complexity index is 357. The van der Waals surface area contributed by atoms with E-state index in [1.54, 1.807) is 6.21 Å². The number of ether oxygens (including phenoxy) is 1. The van der Waals surface area contributed by atoms with E-state index in [0.717, 1.165) is 5.56 Å². The van der Waals surface area contributed by atoms with Crippen molar-refractivity contribution >= 4 is 12.2 Å². The first kappa shape index (κ1) is 12.4. The third-order valence-electron chi connectivity index (χ3n) is 2.26. The molecule has 0 aliphatic heterocycles. The summed E-state index contributed by atoms with van der Waals surface area (Å²) >= 11 is 0. The van der Waals surface area contributed by atoms with Crippen molar-refractivity contribution in [3.8, 4) is 0 Å². The summed E-state index contributed by atoms with van der Waals surface area (Å²) < 4.78 is 4.71. The van der Waals surface area contributed by atoms with E-state index in [-0.39, 0.29) is 11.9 Å². The molecule has 0 aliphatic carbocycles. The molecular formula is C13H17NO2. The van der Waals surface area contributed by atoms with Crippen LogP contribution in [-0.2, 0) is 9.53 Å². The lowest BCUT2D eigenvalue weighted by atomic mass is 10.1. The second-order valence-electron chi connectivity index (χ2n) is 3.90. The van der Waals surface area contributed by atoms with Gasteiger partial charge in [-0.05, 0) is 11.5 Å². The first-order chi connectivity index (χ1) is 7.65. The molecule has 16 heavy (non-hydrogen) atoms. The van der Waals surface area contributed by atoms with Crippen LogP contribution in [0, 0.1) is 5.92 Å². The second kappa shape index (κ2) is 6.05. The van der Waals surface area contributed by atoms with Gasteiger partial charge in [0.2, 0.25) is 0 Å². The SMILES string of the molecule is COC(=O)C(N=Cc1ccccc1)C(C)C. The monoisotopic (exact) mass is 219 g/mol. The Kier molecular flexibility index (Phi) is 4.70. The largest absolute Gasteiger partial charge is 0.467 e. The molecule has 0 saturated carbocycles. The maximum absolute atomic E-state index is 11.4. The molecular weight excluding hydrogens is 202 g/mol. The second-order valence-corrected chi connectivity index (χ2v) is 3.90. The lowest BCUT2D eigenvalue weighted by Crippen LogP contribution is -2.25. The topological polar surface area (TPSA) is 38.7 Å². The minimum Gasteiger partial charge on any atom is -0.467 e. The highest BCUT2D eigenvalue weighted by molar-refractivity contribution is 5.84. The predicted molar refractivity (Wildman–Crippen MR) is 64.7 cm³/mol. The van der Waals surface area contributed by atoms with Gasteiger partial charge in [0, 0.05) is 6.21 Å². The van der Waals surface area contributed by atoms with Gasteiger partial charge < -0.3 is 4.74 Å². The molecule has 0 saturated heterocycles. The molecule has 0 N–H and O–H groups in total. The first-order valence-corrected chi connectivity index (χ1v) is 5.31. The average molecular weight is 219 g/mol. The van der Waals surface area contributed by atoms with Gasteiger partial charge in [0.1, 0.15) is 6.04 Å². The number of hydrogen-bond acceptors (Lipinski definition) is 3. The fourth-order valence-electron chi connectivity index (χ4n) is 1.33. The van der Waals surface area contributed by atoms with E-state index in [2.05, 4.69) is 4.99 Å². The van der Waals surface area contributed by atoms with Crippen molar-refractivity contribution in [2.75, 3.05) is 7.11 Å². The summed E-state index contributed by atoms with van der Waals surface area (Å²) in [6.45, 7) is 3.90. The third-order valence-corrected chi connectivity index (χ3v) is 2.26. The molecule has 1 rings (SSSR count). The van der Waals surface area contributed by atoms with Crippen molar-refractivity contribution in [3.63, 3.8) is 0 Å². The summed E-state index contributed by atoms with van der Waals surface area (Å²) in [5.74, 6) is -0.158. The molecule has 0 fully saturated rings. The molecule has 3 heteroatoms. The van der Waals surface area contributed by atoms with Crippen molar-refractivity contribution < 1.29 is 9.53 Å². The van der Waals surface area contributed by atoms with Crippen molar-refractivity contribution in [3.05, 3.63) is 35.9 Å². The quantitative estimate of drug-likeness (QED) is 0.575. The first-order valence-electron chi connectivity index (χ1n) is 5.31. The minimum absolute atomic E-state index is 0.132. The van der Waals surface area contributed by atoms with Gasteiger partial charge >= 0.3 is 5.97 Å². The fraction of sp³-hybridized carbons (Fsp3) is 0.385. The molecule has 86 valence electrons. The van der Waals surface area contributed by atoms with E-state index in [4.69, 9.17) is 4.74 Å². The van der Waals surface area contributed by atoms with Crippen LogP contribution >= 0.6 is 0 Å². The van der Waals surface area contributed by atoms with E-state index >= 15 is 0 Å². The van der Waals surface area contributed by atoms with Crippen molar-refractivity contribution in [1.82, 2.24) is 0 Å². The van der Waals surface area contributed by atoms with Gasteiger partial charge in [-0.25, -0.2) is 4.79 Å². The molecule has 0 amide bonds. The van der Waals surface area contributed by atoms with Crippen molar-refractivity contribution in [2.45, 2.75) is 19.9 Å². The summed E-state index contributed by atoms with van der Waals surface area (Å²) in [6.07, 6.45) is 1.71. The number of aliphatic imine (C=N–C) groups is 1. The molecule has 1 aromatic rings. The van der Waals surface area contributed by atoms with Crippen LogP contribution in [0.4, 0.5) is 0 Å². The highest BCUT2D eigenvalue weighted by Crippen LogP contribution is 2.08. The molecule has 3 nitrogen and oxygen atoms in total. The standard InChI is InChI=1S/C13H17NO2/c1-10(2)12(13(15)16-3)14-9-11-7-5-4-6-8-11/h4-10,12H,1-3H3. The summed E-state index contributed by atoms with van der Waals surface area (Å²) in [7, 11) is 1.38. The third kappa shape index (κ3) is 3.50. The van der Waals surface area contributed by atoms with Gasteiger partial charge in [-0.3, -0.25) is 4.99 Å². The number of carbonyl (C=O) groups is 1. The smallest absolute Gasteiger partial charge is 0.330 e. The van der Waals surface area contributed by atoms with Crippen LogP contribution in [0.15, 0.2) is 35.3 Å². The summed E-state index contributed by atoms with van der Waals surface area (Å²) in [5.41, 5.74) is 0.983. The van der Waals surface area contributed by atoms with Crippen LogP contribution < -0.4 is 0 Å². The van der Waals surface area contributed by atoms with Gasteiger partial charge in [-0.1, -0.05) is 44.2 Å². The highest BCUT2D eigenvalue weighted by atomic mass is 16.5. The van der Waals surface area contributed by atoms with E-state index in [0.29, 0.717) is 0 Å². The molecule has 1 aromatic carbocycles. The van der Waals surface area contributed by atoms with E-state index in [1.807, 2.05) is 44.2 Å². The minimum atomic E-state index is -0.426. The van der Waals surface area contributed by atoms with Crippen LogP contribution in [0.1, 0.15) is 19.4 Å². The maximum atomic E-state index is 11.4. The summed E-state index contributed by atoms with van der Waals surface area (Å²) in [6, 6.07) is 9.27. The molecule has 1 unspecified atom stereocenters. The van der Waals surface area contributed by atoms with E-state index in [9.17, 15) is 4.79 Å². The molecule has 0 bridgehead atoms. The molecule has 0 aliphatic rings. The number of esters is 1. The maximum Gasteiger partial charge on any atom is 0.330 e. The fourth-order valence-corrected chi connectivity index (χ4v) is 1.33. The predicted octanol–water partition coefficient (Wildman–Crippen LogP) is 2.30. The Morgan fingerprint density at radius 1 is 1.31 bits per heavy atom. The zero-order valence-electron chi connectivity index (χ0n) is 9.88. The Morgan fingerprint density at radius 2 is 1.94 bits per heavy atom. The Hall–Kier alpha value is -1.64. The van der Waals surface area contributed by atoms with Crippen LogP contribution in [0.25, 0.3) is 0 Å². The zero-order valence-corrected chi connectivity index (χ0v) is 9.88. The van der Waals surface area contributed by atoms with Crippen LogP contribution in [-0.4, -0.2) is 25.3 Å². The van der Waals surface area contributed by atoms with E-state index in [1.165, 1.54) is 7.11 Å². The lowest BCUT2D eigenvalue weighted by Gasteiger charge is -2.13. The Morgan fingerprint density at radius 3 is 2.44 bits per heavy atom. The number of benzene rings is 1. The van der Waals surface area contributed by atoms with Gasteiger partial charge in [0.05, 0.1) is 7.11 Å². The van der Waals surface area contributed by atoms with Crippen molar-refractivity contribution in [1.29, 1.82) is 0 Å². The van der Waals surface area contributed by atoms with Crippen LogP contribution in [0.2, 0.25) is 0 Å². The number of rotatable bonds is 4. The highest BCUT2D eigenvalue weighted by Gasteiger charge is 2.20. The van der Waals surface area contributed by atoms with Gasteiger partial charge in [-0.2, -0.15) is 0 Å². The molecule has 1 atom stereocenters. The average Bonchev–Trinajstić information content (AvgIpc) is 2.30. The molecule has 0 aromatic heterocycles. The number of nitrogens with zero attached hydrogens (tertiary/aromatic N) is 1. The van der Waals surface area contributed by atoms with E-state index < -0.39 is 6.04 Å². The van der Waals surface area contributed by atoms with Crippen LogP contribution in [0.3, 0.4) is 0 Å². The zero-order chi connectivity index (χ0) is 12.0. The number of hydrogen-bond donors (Lipinski definition) is 0. The van der Waals surface area contributed by atoms with Gasteiger partial charge in [0.15, 0.2) is 0 Å². The normalized spacial score (nSPS) is 13.0. The van der Waals surface area contributed by atoms with Gasteiger partial charge in [0.25, 0.3) is 0 Å². The molecule has 0 radical (unpaired) electrons. The van der Waals surface area contributed by atoms with Gasteiger partial charge in [-0.15, -0.1) is 0 Å². The number of carbonyl (C=O) groups excluding carboxylic acids is 1. The Balaban J connectivity index is 2.76. The lowest BCUT2D eigenvalue weighted by molar-refractivity contribution is -0.143. The summed E-state index contributed by atoms with van der Waals surface area (Å²) in [5, 5.41) is 0. The molecule has 0 heterocycles.